The summed E-state index contributed by atoms with van der Waals surface area (Å²) >= 11 is 0. The van der Waals surface area contributed by atoms with E-state index in [4.69, 9.17) is 0 Å². The number of fused-ring (bicyclic) bond motifs is 5. The number of hydrogen-bond acceptors (Lipinski definition) is 14. The molecule has 596 valence electrons. The van der Waals surface area contributed by atoms with Crippen molar-refractivity contribution in [3.8, 4) is 0 Å². The predicted octanol–water partition coefficient (Wildman–Crippen LogP) is 15.2. The van der Waals surface area contributed by atoms with Crippen LogP contribution in [0.4, 0.5) is 13.2 Å². The molecule has 10 aliphatic rings. The van der Waals surface area contributed by atoms with E-state index in [1.165, 1.54) is 90.0 Å². The molecule has 26 heteroatoms. The van der Waals surface area contributed by atoms with Crippen molar-refractivity contribution in [2.45, 2.75) is 246 Å². The third-order valence-electron chi connectivity index (χ3n) is 26.1. The average molecular weight is 1560 g/mol. The van der Waals surface area contributed by atoms with Gasteiger partial charge in [0.2, 0.25) is 20.0 Å². The minimum Gasteiger partial charge on any atom is -0.388 e. The maximum atomic E-state index is 13.6. The Hall–Kier alpha value is -7.14. The molecule has 2 saturated heterocycles. The topological polar surface area (TPSA) is 262 Å². The van der Waals surface area contributed by atoms with Crippen molar-refractivity contribution in [2.24, 2.45) is 29.6 Å². The lowest BCUT2D eigenvalue weighted by Crippen LogP contribution is -2.41. The number of imidazole rings is 5. The Morgan fingerprint density at radius 2 is 0.559 bits per heavy atom. The monoisotopic (exact) mass is 1560 g/mol. The van der Waals surface area contributed by atoms with Crippen LogP contribution in [0.15, 0.2) is 124 Å². The highest BCUT2D eigenvalue weighted by molar-refractivity contribution is 7.88. The number of alkyl halides is 3. The lowest BCUT2D eigenvalue weighted by molar-refractivity contribution is 0.0737. The Morgan fingerprint density at radius 1 is 0.333 bits per heavy atom. The zero-order valence-electron chi connectivity index (χ0n) is 63.8. The second kappa shape index (κ2) is 33.0. The summed E-state index contributed by atoms with van der Waals surface area (Å²) in [7, 11) is -6.43. The van der Waals surface area contributed by atoms with Gasteiger partial charge in [0.25, 0.3) is 0 Å². The Bertz CT molecular complexity index is 4700. The van der Waals surface area contributed by atoms with Crippen molar-refractivity contribution in [1.82, 2.24) is 55.5 Å². The van der Waals surface area contributed by atoms with Gasteiger partial charge in [0.1, 0.15) is 18.5 Å². The second-order valence-electron chi connectivity index (χ2n) is 33.9. The summed E-state index contributed by atoms with van der Waals surface area (Å²) in [5.41, 5.74) is 14.7. The minimum absolute atomic E-state index is 0.0295. The average Bonchev–Trinajstić information content (AvgIpc) is 1.74. The molecule has 10 aromatic rings. The quantitative estimate of drug-likeness (QED) is 0.0568. The number of piperidine rings is 2. The summed E-state index contributed by atoms with van der Waals surface area (Å²) in [5.74, 6) is 1.70. The molecule has 8 saturated carbocycles. The molecule has 7 unspecified atom stereocenters. The van der Waals surface area contributed by atoms with Gasteiger partial charge in [0.15, 0.2) is 0 Å². The van der Waals surface area contributed by atoms with E-state index in [9.17, 15) is 55.5 Å². The molecule has 111 heavy (non-hydrogen) atoms. The molecule has 0 aromatic carbocycles. The molecule has 20 rings (SSSR count). The number of aliphatic hydroxyl groups is 5. The largest absolute Gasteiger partial charge is 0.388 e. The molecule has 8 aliphatic carbocycles. The van der Waals surface area contributed by atoms with Crippen LogP contribution in [0.3, 0.4) is 0 Å². The number of aliphatic hydroxyl groups excluding tert-OH is 5. The Balaban J connectivity index is 0.000000105. The molecule has 12 heterocycles. The first-order chi connectivity index (χ1) is 53.7. The van der Waals surface area contributed by atoms with Crippen LogP contribution in [-0.2, 0) is 20.0 Å². The Kier molecular flexibility index (Phi) is 23.1. The lowest BCUT2D eigenvalue weighted by Gasteiger charge is -2.34. The smallest absolute Gasteiger partial charge is 0.211 e. The van der Waals surface area contributed by atoms with Gasteiger partial charge in [0, 0.05) is 115 Å². The maximum Gasteiger partial charge on any atom is 0.211 e. The lowest BCUT2D eigenvalue weighted by atomic mass is 9.81. The molecular formula is C85H109F3N12O9S2. The van der Waals surface area contributed by atoms with Gasteiger partial charge in [-0.2, -0.15) is 0 Å². The van der Waals surface area contributed by atoms with E-state index < -0.39 is 69.1 Å². The maximum absolute atomic E-state index is 13.6. The highest BCUT2D eigenvalue weighted by Gasteiger charge is 2.46. The molecular weight excluding hydrogens is 1450 g/mol. The molecule has 10 fully saturated rings. The van der Waals surface area contributed by atoms with E-state index >= 15 is 0 Å². The van der Waals surface area contributed by atoms with E-state index in [1.807, 2.05) is 71.2 Å². The molecule has 13 atom stereocenters. The van der Waals surface area contributed by atoms with Crippen molar-refractivity contribution < 1.29 is 55.5 Å². The minimum atomic E-state index is -3.22. The van der Waals surface area contributed by atoms with Crippen molar-refractivity contribution in [1.29, 1.82) is 0 Å². The summed E-state index contributed by atoms with van der Waals surface area (Å²) in [6.07, 6.45) is 51.9. The fourth-order valence-electron chi connectivity index (χ4n) is 19.3. The molecule has 2 aliphatic heterocycles. The normalized spacial score (nSPS) is 26.4. The van der Waals surface area contributed by atoms with E-state index in [1.54, 1.807) is 62.6 Å². The standard InChI is InChI=1S/3C17H21FN2O.2C17H23N3O3S/c3*18-14-8-13(14)12-6-7-20-10-19-9-15(20)16(12)17(21)11-4-2-1-3-5-11;2*1-24(22,23)20-7-2-3-13(10-20)17(21)16-14(12-4-5-12)6-8-19-11-18-9-15(16)19/h3*6-7,9-11,13-14,17,21H,1-5,8H2;2*6,8-9,11-13,17,21H,2-5,7,10H2,1H3/t3*13-,14+,17?;;/m111../s1. The van der Waals surface area contributed by atoms with Gasteiger partial charge in [-0.05, 0) is 197 Å². The number of nitrogens with zero attached hydrogens (tertiary/aromatic N) is 12. The van der Waals surface area contributed by atoms with Gasteiger partial charge in [-0.15, -0.1) is 0 Å². The van der Waals surface area contributed by atoms with Gasteiger partial charge in [-0.1, -0.05) is 57.8 Å². The first-order valence-electron chi connectivity index (χ1n) is 41.1. The van der Waals surface area contributed by atoms with E-state index in [0.29, 0.717) is 75.0 Å². The first kappa shape index (κ1) is 77.8. The van der Waals surface area contributed by atoms with Crippen LogP contribution in [0.5, 0.6) is 0 Å². The van der Waals surface area contributed by atoms with E-state index in [-0.39, 0.29) is 29.6 Å². The summed E-state index contributed by atoms with van der Waals surface area (Å²) < 4.78 is 101. The molecule has 0 spiro atoms. The Labute approximate surface area is 648 Å². The summed E-state index contributed by atoms with van der Waals surface area (Å²) in [4.78, 5) is 21.0. The zero-order valence-corrected chi connectivity index (χ0v) is 65.5. The number of hydrogen-bond donors (Lipinski definition) is 5. The zero-order chi connectivity index (χ0) is 77.0. The number of aromatic nitrogens is 10. The molecule has 0 amide bonds. The summed E-state index contributed by atoms with van der Waals surface area (Å²) in [6, 6.07) is 10.1. The fourth-order valence-corrected chi connectivity index (χ4v) is 21.1. The van der Waals surface area contributed by atoms with E-state index in [2.05, 4.69) is 37.1 Å². The molecule has 0 bridgehead atoms. The highest BCUT2D eigenvalue weighted by Crippen LogP contribution is 2.53. The van der Waals surface area contributed by atoms with Gasteiger partial charge in [-0.25, -0.2) is 63.5 Å². The van der Waals surface area contributed by atoms with Gasteiger partial charge in [-0.3, -0.25) is 0 Å². The molecule has 5 N–H and O–H groups in total. The third-order valence-corrected chi connectivity index (χ3v) is 28.7. The molecule has 0 radical (unpaired) electrons. The van der Waals surface area contributed by atoms with Crippen molar-refractivity contribution in [2.75, 3.05) is 38.7 Å². The van der Waals surface area contributed by atoms with Gasteiger partial charge >= 0.3 is 0 Å². The molecule has 21 nitrogen and oxygen atoms in total. The Morgan fingerprint density at radius 3 is 0.793 bits per heavy atom. The van der Waals surface area contributed by atoms with E-state index in [0.717, 1.165) is 162 Å². The number of halogens is 3. The van der Waals surface area contributed by atoms with Crippen LogP contribution in [-0.4, -0.2) is 155 Å². The van der Waals surface area contributed by atoms with Gasteiger partial charge < -0.3 is 47.5 Å². The van der Waals surface area contributed by atoms with Crippen LogP contribution >= 0.6 is 0 Å². The third kappa shape index (κ3) is 17.0. The van der Waals surface area contributed by atoms with Crippen LogP contribution in [0.2, 0.25) is 0 Å². The van der Waals surface area contributed by atoms with Crippen molar-refractivity contribution in [3.05, 3.63) is 180 Å². The second-order valence-corrected chi connectivity index (χ2v) is 37.9. The highest BCUT2D eigenvalue weighted by atomic mass is 32.2. The van der Waals surface area contributed by atoms with Crippen molar-refractivity contribution in [3.63, 3.8) is 0 Å². The predicted molar refractivity (Wildman–Crippen MR) is 419 cm³/mol. The van der Waals surface area contributed by atoms with Crippen LogP contribution in [0.1, 0.15) is 283 Å². The van der Waals surface area contributed by atoms with Crippen LogP contribution in [0, 0.1) is 29.6 Å². The number of rotatable bonds is 17. The van der Waals surface area contributed by atoms with Crippen LogP contribution < -0.4 is 0 Å². The number of pyridine rings is 5. The summed E-state index contributed by atoms with van der Waals surface area (Å²) in [5, 5.41) is 55.1. The fraction of sp³-hybridized carbons (Fsp3) is 0.588. The SMILES string of the molecule is CS(=O)(=O)N1CCCC(C(O)c2c(C3CC3)ccn3cncc23)C1.CS(=O)(=O)N1CCCC(C(O)c2c(C3CC3)ccn3cncc23)C1.OC(c1c([C@H]2C[C@@H]2F)ccn2cncc12)C1CCCCC1.OC(c1c([C@H]2C[C@@H]2F)ccn2cncc12)C1CCCCC1.OC(c1c([C@H]2C[C@@H]2F)ccn2cncc12)C1CCCCC1. The summed E-state index contributed by atoms with van der Waals surface area (Å²) in [6.45, 7) is 1.88. The molecule has 10 aromatic heterocycles. The number of sulfonamides is 2. The van der Waals surface area contributed by atoms with Crippen molar-refractivity contribution >= 4 is 47.6 Å². The van der Waals surface area contributed by atoms with Gasteiger partial charge in [0.05, 0.1) is 133 Å². The van der Waals surface area contributed by atoms with Crippen LogP contribution in [0.25, 0.3) is 27.6 Å². The first-order valence-corrected chi connectivity index (χ1v) is 44.8.